The fourth-order valence-corrected chi connectivity index (χ4v) is 2.63. The van der Waals surface area contributed by atoms with Crippen molar-refractivity contribution in [3.8, 4) is 0 Å². The van der Waals surface area contributed by atoms with Crippen LogP contribution in [0, 0.1) is 11.8 Å². The number of carbonyl (C=O) groups is 1. The van der Waals surface area contributed by atoms with Crippen molar-refractivity contribution in [1.29, 1.82) is 0 Å². The van der Waals surface area contributed by atoms with Gasteiger partial charge in [-0.1, -0.05) is 26.7 Å². The predicted molar refractivity (Wildman–Crippen MR) is 77.8 cm³/mol. The van der Waals surface area contributed by atoms with Gasteiger partial charge < -0.3 is 15.8 Å². The van der Waals surface area contributed by atoms with E-state index < -0.39 is 0 Å². The van der Waals surface area contributed by atoms with Gasteiger partial charge in [-0.05, 0) is 31.6 Å². The maximum atomic E-state index is 12.1. The molecule has 1 aliphatic rings. The van der Waals surface area contributed by atoms with E-state index in [1.165, 1.54) is 0 Å². The number of rotatable bonds is 8. The van der Waals surface area contributed by atoms with E-state index in [1.54, 1.807) is 0 Å². The first kappa shape index (κ1) is 16.4. The summed E-state index contributed by atoms with van der Waals surface area (Å²) in [6.07, 6.45) is 6.27. The average Bonchev–Trinajstić information content (AvgIpc) is 2.40. The highest BCUT2D eigenvalue weighted by Gasteiger charge is 2.32. The quantitative estimate of drug-likeness (QED) is 0.664. The summed E-state index contributed by atoms with van der Waals surface area (Å²) in [7, 11) is 0. The van der Waals surface area contributed by atoms with Crippen molar-refractivity contribution >= 4 is 5.91 Å². The largest absolute Gasteiger partial charge is 0.381 e. The molecule has 19 heavy (non-hydrogen) atoms. The van der Waals surface area contributed by atoms with Crippen LogP contribution in [0.5, 0.6) is 0 Å². The molecule has 0 bridgehead atoms. The summed E-state index contributed by atoms with van der Waals surface area (Å²) in [5.41, 5.74) is 6.03. The fourth-order valence-electron chi connectivity index (χ4n) is 2.63. The maximum absolute atomic E-state index is 12.1. The number of nitrogens with one attached hydrogen (secondary N) is 1. The molecule has 1 rings (SSSR count). The summed E-state index contributed by atoms with van der Waals surface area (Å²) in [6, 6.07) is 0.182. The number of amides is 1. The first-order valence-electron chi connectivity index (χ1n) is 7.77. The van der Waals surface area contributed by atoms with Gasteiger partial charge in [-0.25, -0.2) is 0 Å². The van der Waals surface area contributed by atoms with Crippen molar-refractivity contribution in [3.63, 3.8) is 0 Å². The molecule has 1 amide bonds. The van der Waals surface area contributed by atoms with Crippen LogP contribution in [-0.2, 0) is 9.53 Å². The summed E-state index contributed by atoms with van der Waals surface area (Å²) in [5, 5.41) is 3.02. The van der Waals surface area contributed by atoms with Crippen LogP contribution in [0.15, 0.2) is 0 Å². The van der Waals surface area contributed by atoms with Gasteiger partial charge in [0.05, 0.1) is 0 Å². The molecular formula is C15H30N2O2. The molecule has 0 aromatic carbocycles. The van der Waals surface area contributed by atoms with Gasteiger partial charge in [0.15, 0.2) is 0 Å². The first-order chi connectivity index (χ1) is 9.16. The molecule has 1 fully saturated rings. The van der Waals surface area contributed by atoms with Crippen molar-refractivity contribution < 1.29 is 9.53 Å². The lowest BCUT2D eigenvalue weighted by atomic mass is 9.77. The van der Waals surface area contributed by atoms with Crippen molar-refractivity contribution in [2.75, 3.05) is 19.8 Å². The molecule has 4 nitrogen and oxygen atoms in total. The minimum atomic E-state index is 0.102. The van der Waals surface area contributed by atoms with Gasteiger partial charge in [0.25, 0.3) is 0 Å². The van der Waals surface area contributed by atoms with Gasteiger partial charge in [0, 0.05) is 31.7 Å². The molecule has 0 aliphatic heterocycles. The Bertz CT molecular complexity index is 259. The molecule has 3 unspecified atom stereocenters. The maximum Gasteiger partial charge on any atom is 0.223 e. The Morgan fingerprint density at radius 1 is 1.32 bits per heavy atom. The second-order valence-electron chi connectivity index (χ2n) is 5.67. The van der Waals surface area contributed by atoms with Gasteiger partial charge >= 0.3 is 0 Å². The van der Waals surface area contributed by atoms with E-state index in [2.05, 4.69) is 19.2 Å². The van der Waals surface area contributed by atoms with Crippen LogP contribution >= 0.6 is 0 Å². The van der Waals surface area contributed by atoms with Crippen molar-refractivity contribution in [2.45, 2.75) is 58.4 Å². The van der Waals surface area contributed by atoms with E-state index in [1.807, 2.05) is 0 Å². The van der Waals surface area contributed by atoms with E-state index in [-0.39, 0.29) is 17.9 Å². The predicted octanol–water partition coefficient (Wildman–Crippen LogP) is 2.07. The van der Waals surface area contributed by atoms with E-state index >= 15 is 0 Å². The molecule has 0 spiro atoms. The number of unbranched alkanes of at least 4 members (excludes halogenated alkanes) is 1. The number of nitrogens with two attached hydrogens (primary N) is 1. The van der Waals surface area contributed by atoms with Gasteiger partial charge in [-0.3, -0.25) is 4.79 Å². The normalized spacial score (nSPS) is 27.2. The SMILES string of the molecule is CCCCOCCCNC(=O)C1CCCC(N)C1C. The molecule has 0 radical (unpaired) electrons. The fraction of sp³-hybridized carbons (Fsp3) is 0.933. The van der Waals surface area contributed by atoms with E-state index in [9.17, 15) is 4.79 Å². The van der Waals surface area contributed by atoms with Gasteiger partial charge in [-0.15, -0.1) is 0 Å². The summed E-state index contributed by atoms with van der Waals surface area (Å²) in [4.78, 5) is 12.1. The van der Waals surface area contributed by atoms with Crippen LogP contribution in [0.4, 0.5) is 0 Å². The lowest BCUT2D eigenvalue weighted by Crippen LogP contribution is -2.44. The zero-order valence-electron chi connectivity index (χ0n) is 12.5. The Morgan fingerprint density at radius 3 is 2.79 bits per heavy atom. The summed E-state index contributed by atoms with van der Waals surface area (Å²) in [5.74, 6) is 0.579. The number of carbonyl (C=O) groups excluding carboxylic acids is 1. The van der Waals surface area contributed by atoms with Crippen LogP contribution in [0.2, 0.25) is 0 Å². The molecule has 4 heteroatoms. The molecular weight excluding hydrogens is 240 g/mol. The van der Waals surface area contributed by atoms with Crippen molar-refractivity contribution in [3.05, 3.63) is 0 Å². The van der Waals surface area contributed by atoms with Crippen LogP contribution in [0.1, 0.15) is 52.4 Å². The zero-order chi connectivity index (χ0) is 14.1. The second-order valence-corrected chi connectivity index (χ2v) is 5.67. The van der Waals surface area contributed by atoms with Crippen LogP contribution < -0.4 is 11.1 Å². The van der Waals surface area contributed by atoms with Crippen LogP contribution in [0.25, 0.3) is 0 Å². The van der Waals surface area contributed by atoms with Crippen LogP contribution in [-0.4, -0.2) is 31.7 Å². The van der Waals surface area contributed by atoms with Gasteiger partial charge in [0.1, 0.15) is 0 Å². The van der Waals surface area contributed by atoms with E-state index in [0.717, 1.165) is 51.7 Å². The Hall–Kier alpha value is -0.610. The average molecular weight is 270 g/mol. The van der Waals surface area contributed by atoms with E-state index in [4.69, 9.17) is 10.5 Å². The Labute approximate surface area is 117 Å². The van der Waals surface area contributed by atoms with Gasteiger partial charge in [0.2, 0.25) is 5.91 Å². The van der Waals surface area contributed by atoms with E-state index in [0.29, 0.717) is 12.5 Å². The minimum absolute atomic E-state index is 0.102. The number of hydrogen-bond acceptors (Lipinski definition) is 3. The summed E-state index contributed by atoms with van der Waals surface area (Å²) in [6.45, 7) is 6.53. The number of ether oxygens (including phenoxy) is 1. The summed E-state index contributed by atoms with van der Waals surface area (Å²) < 4.78 is 5.47. The highest BCUT2D eigenvalue weighted by molar-refractivity contribution is 5.79. The third-order valence-corrected chi connectivity index (χ3v) is 4.11. The topological polar surface area (TPSA) is 64.3 Å². The smallest absolute Gasteiger partial charge is 0.223 e. The molecule has 0 saturated heterocycles. The molecule has 3 atom stereocenters. The standard InChI is InChI=1S/C15H30N2O2/c1-3-4-10-19-11-6-9-17-15(18)13-7-5-8-14(16)12(13)2/h12-14H,3-11,16H2,1-2H3,(H,17,18). The zero-order valence-corrected chi connectivity index (χ0v) is 12.5. The monoisotopic (exact) mass is 270 g/mol. The molecule has 1 aliphatic carbocycles. The molecule has 0 aromatic rings. The Balaban J connectivity index is 2.10. The first-order valence-corrected chi connectivity index (χ1v) is 7.77. The molecule has 112 valence electrons. The molecule has 0 heterocycles. The lowest BCUT2D eigenvalue weighted by Gasteiger charge is -2.32. The van der Waals surface area contributed by atoms with Crippen molar-refractivity contribution in [2.24, 2.45) is 17.6 Å². The Kier molecular flexibility index (Phi) is 8.07. The minimum Gasteiger partial charge on any atom is -0.381 e. The Morgan fingerprint density at radius 2 is 2.05 bits per heavy atom. The third kappa shape index (κ3) is 5.91. The molecule has 1 saturated carbocycles. The second kappa shape index (κ2) is 9.32. The van der Waals surface area contributed by atoms with Crippen LogP contribution in [0.3, 0.4) is 0 Å². The van der Waals surface area contributed by atoms with Crippen molar-refractivity contribution in [1.82, 2.24) is 5.32 Å². The molecule has 3 N–H and O–H groups in total. The highest BCUT2D eigenvalue weighted by Crippen LogP contribution is 2.28. The summed E-state index contributed by atoms with van der Waals surface area (Å²) >= 11 is 0. The van der Waals surface area contributed by atoms with Gasteiger partial charge in [-0.2, -0.15) is 0 Å². The highest BCUT2D eigenvalue weighted by atomic mass is 16.5. The third-order valence-electron chi connectivity index (χ3n) is 4.11. The molecule has 0 aromatic heterocycles. The lowest BCUT2D eigenvalue weighted by molar-refractivity contribution is -0.127. The number of hydrogen-bond donors (Lipinski definition) is 2.